The van der Waals surface area contributed by atoms with Gasteiger partial charge in [-0.25, -0.2) is 4.68 Å². The highest BCUT2D eigenvalue weighted by Gasteiger charge is 2.22. The van der Waals surface area contributed by atoms with Crippen LogP contribution >= 0.6 is 27.7 Å². The lowest BCUT2D eigenvalue weighted by Crippen LogP contribution is -2.10. The maximum Gasteiger partial charge on any atom is 0.210 e. The molecule has 0 N–H and O–H groups in total. The van der Waals surface area contributed by atoms with E-state index in [1.165, 1.54) is 24.6 Å². The lowest BCUT2D eigenvalue weighted by molar-refractivity contribution is 0.102. The van der Waals surface area contributed by atoms with Gasteiger partial charge in [0.05, 0.1) is 11.8 Å². The van der Waals surface area contributed by atoms with Crippen LogP contribution in [-0.4, -0.2) is 31.7 Å². The van der Waals surface area contributed by atoms with Crippen molar-refractivity contribution in [1.29, 1.82) is 0 Å². The maximum atomic E-state index is 12.2. The first-order chi connectivity index (χ1) is 10.2. The third-order valence-electron chi connectivity index (χ3n) is 3.63. The molecule has 3 rings (SSSR count). The largest absolute Gasteiger partial charge is 0.293 e. The number of halogens is 1. The predicted molar refractivity (Wildman–Crippen MR) is 84.5 cm³/mol. The molecule has 5 nitrogen and oxygen atoms in total. The quantitative estimate of drug-likeness (QED) is 0.598. The van der Waals surface area contributed by atoms with Crippen LogP contribution < -0.4 is 0 Å². The number of thioether (sulfide) groups is 1. The molecule has 0 spiro atoms. The second-order valence-electron chi connectivity index (χ2n) is 5.06. The van der Waals surface area contributed by atoms with E-state index in [4.69, 9.17) is 0 Å². The zero-order valence-corrected chi connectivity index (χ0v) is 13.8. The molecule has 0 radical (unpaired) electrons. The minimum absolute atomic E-state index is 0.0912. The van der Waals surface area contributed by atoms with Gasteiger partial charge in [0.1, 0.15) is 0 Å². The molecule has 7 heteroatoms. The zero-order chi connectivity index (χ0) is 14.7. The first kappa shape index (κ1) is 14.7. The molecule has 1 fully saturated rings. The molecule has 0 aliphatic heterocycles. The van der Waals surface area contributed by atoms with Crippen molar-refractivity contribution >= 4 is 33.5 Å². The molecule has 110 valence electrons. The molecule has 1 heterocycles. The van der Waals surface area contributed by atoms with E-state index in [2.05, 4.69) is 31.5 Å². The van der Waals surface area contributed by atoms with Crippen molar-refractivity contribution in [3.8, 4) is 0 Å². The van der Waals surface area contributed by atoms with E-state index < -0.39 is 0 Å². The topological polar surface area (TPSA) is 60.7 Å². The SMILES string of the molecule is O=C(CSc1nnnn1C1CCCC1)c1ccc(Br)cc1. The van der Waals surface area contributed by atoms with Gasteiger partial charge in [0.2, 0.25) is 5.16 Å². The van der Waals surface area contributed by atoms with Crippen LogP contribution in [0.5, 0.6) is 0 Å². The standard InChI is InChI=1S/C14H15BrN4OS/c15-11-7-5-10(6-8-11)13(20)9-21-14-16-17-18-19(14)12-3-1-2-4-12/h5-8,12H,1-4,9H2. The third-order valence-corrected chi connectivity index (χ3v) is 5.09. The van der Waals surface area contributed by atoms with Crippen molar-refractivity contribution in [2.24, 2.45) is 0 Å². The molecule has 2 aromatic rings. The van der Waals surface area contributed by atoms with Gasteiger partial charge in [-0.15, -0.1) is 5.10 Å². The first-order valence-corrected chi connectivity index (χ1v) is 8.71. The summed E-state index contributed by atoms with van der Waals surface area (Å²) in [6.07, 6.45) is 4.71. The molecule has 1 saturated carbocycles. The molecule has 1 aromatic carbocycles. The van der Waals surface area contributed by atoms with Crippen molar-refractivity contribution < 1.29 is 4.79 Å². The fourth-order valence-electron chi connectivity index (χ4n) is 2.51. The van der Waals surface area contributed by atoms with Crippen LogP contribution in [0.2, 0.25) is 0 Å². The Morgan fingerprint density at radius 1 is 1.29 bits per heavy atom. The summed E-state index contributed by atoms with van der Waals surface area (Å²) in [6.45, 7) is 0. The van der Waals surface area contributed by atoms with Gasteiger partial charge in [0.25, 0.3) is 0 Å². The maximum absolute atomic E-state index is 12.2. The molecule has 0 amide bonds. The van der Waals surface area contributed by atoms with E-state index in [9.17, 15) is 4.79 Å². The Balaban J connectivity index is 1.63. The number of aromatic nitrogens is 4. The van der Waals surface area contributed by atoms with Gasteiger partial charge < -0.3 is 0 Å². The number of ketones is 1. The Bertz CT molecular complexity index is 622. The molecule has 1 aromatic heterocycles. The number of tetrazole rings is 1. The van der Waals surface area contributed by atoms with E-state index in [1.54, 1.807) is 0 Å². The Morgan fingerprint density at radius 2 is 2.00 bits per heavy atom. The summed E-state index contributed by atoms with van der Waals surface area (Å²) in [5.41, 5.74) is 0.714. The summed E-state index contributed by atoms with van der Waals surface area (Å²) in [4.78, 5) is 12.2. The van der Waals surface area contributed by atoms with E-state index in [-0.39, 0.29) is 5.78 Å². The van der Waals surface area contributed by atoms with Crippen LogP contribution in [0.25, 0.3) is 0 Å². The predicted octanol–water partition coefficient (Wildman–Crippen LogP) is 3.53. The lowest BCUT2D eigenvalue weighted by atomic mass is 10.2. The number of nitrogens with zero attached hydrogens (tertiary/aromatic N) is 4. The highest BCUT2D eigenvalue weighted by Crippen LogP contribution is 2.31. The molecule has 0 atom stereocenters. The molecular formula is C14H15BrN4OS. The summed E-state index contributed by atoms with van der Waals surface area (Å²) in [5.74, 6) is 0.447. The van der Waals surface area contributed by atoms with Gasteiger partial charge in [0.15, 0.2) is 5.78 Å². The third kappa shape index (κ3) is 3.52. The van der Waals surface area contributed by atoms with E-state index in [0.29, 0.717) is 17.4 Å². The smallest absolute Gasteiger partial charge is 0.210 e. The number of hydrogen-bond donors (Lipinski definition) is 0. The normalized spacial score (nSPS) is 15.5. The van der Waals surface area contributed by atoms with Crippen LogP contribution in [0.1, 0.15) is 42.1 Å². The van der Waals surface area contributed by atoms with Crippen LogP contribution in [-0.2, 0) is 0 Å². The summed E-state index contributed by atoms with van der Waals surface area (Å²) >= 11 is 4.78. The average molecular weight is 367 g/mol. The summed E-state index contributed by atoms with van der Waals surface area (Å²) < 4.78 is 2.85. The van der Waals surface area contributed by atoms with E-state index in [1.807, 2.05) is 28.9 Å². The number of carbonyl (C=O) groups is 1. The summed E-state index contributed by atoms with van der Waals surface area (Å²) in [5, 5.41) is 12.6. The minimum atomic E-state index is 0.0912. The van der Waals surface area contributed by atoms with E-state index >= 15 is 0 Å². The number of Topliss-reactive ketones (excluding diaryl/α,β-unsaturated/α-hetero) is 1. The van der Waals surface area contributed by atoms with Crippen molar-refractivity contribution in [2.75, 3.05) is 5.75 Å². The number of hydrogen-bond acceptors (Lipinski definition) is 5. The van der Waals surface area contributed by atoms with Gasteiger partial charge >= 0.3 is 0 Å². The minimum Gasteiger partial charge on any atom is -0.293 e. The van der Waals surface area contributed by atoms with Crippen LogP contribution in [0.3, 0.4) is 0 Å². The summed E-state index contributed by atoms with van der Waals surface area (Å²) in [6, 6.07) is 7.80. The average Bonchev–Trinajstić information content (AvgIpc) is 3.16. The van der Waals surface area contributed by atoms with Crippen molar-refractivity contribution in [1.82, 2.24) is 20.2 Å². The van der Waals surface area contributed by atoms with Crippen LogP contribution in [0, 0.1) is 0 Å². The van der Waals surface area contributed by atoms with Gasteiger partial charge in [-0.3, -0.25) is 4.79 Å². The fraction of sp³-hybridized carbons (Fsp3) is 0.429. The highest BCUT2D eigenvalue weighted by molar-refractivity contribution is 9.10. The molecule has 0 bridgehead atoms. The second kappa shape index (κ2) is 6.70. The number of benzene rings is 1. The number of carbonyl (C=O) groups excluding carboxylic acids is 1. The molecule has 1 aliphatic carbocycles. The first-order valence-electron chi connectivity index (χ1n) is 6.93. The van der Waals surface area contributed by atoms with Gasteiger partial charge in [-0.05, 0) is 35.4 Å². The fourth-order valence-corrected chi connectivity index (χ4v) is 3.61. The van der Waals surface area contributed by atoms with Crippen LogP contribution in [0.4, 0.5) is 0 Å². The molecular weight excluding hydrogens is 352 g/mol. The Morgan fingerprint density at radius 3 is 2.71 bits per heavy atom. The Labute approximate surface area is 135 Å². The molecule has 0 unspecified atom stereocenters. The van der Waals surface area contributed by atoms with Gasteiger partial charge in [-0.1, -0.05) is 52.7 Å². The second-order valence-corrected chi connectivity index (χ2v) is 6.92. The van der Waals surface area contributed by atoms with E-state index in [0.717, 1.165) is 22.5 Å². The Hall–Kier alpha value is -1.21. The van der Waals surface area contributed by atoms with Gasteiger partial charge in [0, 0.05) is 10.0 Å². The molecule has 21 heavy (non-hydrogen) atoms. The van der Waals surface area contributed by atoms with Gasteiger partial charge in [-0.2, -0.15) is 0 Å². The molecule has 0 saturated heterocycles. The zero-order valence-electron chi connectivity index (χ0n) is 11.4. The van der Waals surface area contributed by atoms with Crippen molar-refractivity contribution in [2.45, 2.75) is 36.9 Å². The highest BCUT2D eigenvalue weighted by atomic mass is 79.9. The monoisotopic (exact) mass is 366 g/mol. The lowest BCUT2D eigenvalue weighted by Gasteiger charge is -2.10. The van der Waals surface area contributed by atoms with Crippen LogP contribution in [0.15, 0.2) is 33.9 Å². The Kier molecular flexibility index (Phi) is 4.70. The van der Waals surface area contributed by atoms with Crippen molar-refractivity contribution in [3.63, 3.8) is 0 Å². The molecule has 1 aliphatic rings. The van der Waals surface area contributed by atoms with Crippen molar-refractivity contribution in [3.05, 3.63) is 34.3 Å². The number of rotatable bonds is 5. The summed E-state index contributed by atoms with van der Waals surface area (Å²) in [7, 11) is 0.